The van der Waals surface area contributed by atoms with E-state index < -0.39 is 6.09 Å². The van der Waals surface area contributed by atoms with Crippen molar-refractivity contribution in [1.82, 2.24) is 5.32 Å². The third-order valence-corrected chi connectivity index (χ3v) is 3.14. The zero-order chi connectivity index (χ0) is 14.5. The first-order chi connectivity index (χ1) is 9.60. The van der Waals surface area contributed by atoms with Gasteiger partial charge in [0.2, 0.25) is 0 Å². The Hall–Kier alpha value is -2.36. The number of hydrogen-bond donors (Lipinski definition) is 1. The zero-order valence-corrected chi connectivity index (χ0v) is 11.6. The van der Waals surface area contributed by atoms with Crippen LogP contribution in [0.15, 0.2) is 42.5 Å². The minimum Gasteiger partial charge on any atom is -0.453 e. The minimum absolute atomic E-state index is 0.0135. The Balaban J connectivity index is 2.33. The van der Waals surface area contributed by atoms with Crippen LogP contribution in [0, 0.1) is 0 Å². The first kappa shape index (κ1) is 14.1. The monoisotopic (exact) mass is 271 g/mol. The van der Waals surface area contributed by atoms with E-state index in [2.05, 4.69) is 10.1 Å². The molecule has 0 heterocycles. The quantitative estimate of drug-likeness (QED) is 0.929. The molecule has 4 nitrogen and oxygen atoms in total. The number of Topliss-reactive ketones (excluding diaryl/α,β-unsaturated/α-hetero) is 1. The molecule has 20 heavy (non-hydrogen) atoms. The summed E-state index contributed by atoms with van der Waals surface area (Å²) in [5.74, 6) is 0.0135. The SMILES string of the molecule is COC(=O)N[C@H](CC(C)=O)c1ccc2ccccc2c1. The summed E-state index contributed by atoms with van der Waals surface area (Å²) in [5, 5.41) is 4.89. The standard InChI is InChI=1S/C16H17NO3/c1-11(18)9-15(17-16(19)20-2)14-8-7-12-5-3-4-6-13(12)10-14/h3-8,10,15H,9H2,1-2H3,(H,17,19)/t15-/m1/s1. The van der Waals surface area contributed by atoms with Gasteiger partial charge in [0.1, 0.15) is 5.78 Å². The van der Waals surface area contributed by atoms with Crippen molar-refractivity contribution in [2.75, 3.05) is 7.11 Å². The number of carbonyl (C=O) groups is 2. The highest BCUT2D eigenvalue weighted by Crippen LogP contribution is 2.23. The number of rotatable bonds is 4. The van der Waals surface area contributed by atoms with E-state index in [1.165, 1.54) is 14.0 Å². The number of ether oxygens (including phenoxy) is 1. The number of amides is 1. The van der Waals surface area contributed by atoms with E-state index in [9.17, 15) is 9.59 Å². The van der Waals surface area contributed by atoms with Gasteiger partial charge in [-0.2, -0.15) is 0 Å². The summed E-state index contributed by atoms with van der Waals surface area (Å²) in [4.78, 5) is 22.8. The summed E-state index contributed by atoms with van der Waals surface area (Å²) >= 11 is 0. The lowest BCUT2D eigenvalue weighted by Crippen LogP contribution is -2.29. The third kappa shape index (κ3) is 3.35. The largest absolute Gasteiger partial charge is 0.453 e. The third-order valence-electron chi connectivity index (χ3n) is 3.14. The molecule has 0 aromatic heterocycles. The molecule has 0 bridgehead atoms. The van der Waals surface area contributed by atoms with Gasteiger partial charge in [-0.3, -0.25) is 4.79 Å². The van der Waals surface area contributed by atoms with Gasteiger partial charge in [-0.25, -0.2) is 4.79 Å². The van der Waals surface area contributed by atoms with Crippen molar-refractivity contribution in [3.05, 3.63) is 48.0 Å². The first-order valence-corrected chi connectivity index (χ1v) is 6.43. The van der Waals surface area contributed by atoms with Crippen molar-refractivity contribution in [3.63, 3.8) is 0 Å². The topological polar surface area (TPSA) is 55.4 Å². The molecule has 2 rings (SSSR count). The highest BCUT2D eigenvalue weighted by Gasteiger charge is 2.17. The summed E-state index contributed by atoms with van der Waals surface area (Å²) in [6.07, 6.45) is -0.294. The van der Waals surface area contributed by atoms with Crippen LogP contribution in [0.3, 0.4) is 0 Å². The number of methoxy groups -OCH3 is 1. The molecule has 0 aliphatic heterocycles. The number of ketones is 1. The van der Waals surface area contributed by atoms with Gasteiger partial charge in [0, 0.05) is 6.42 Å². The lowest BCUT2D eigenvalue weighted by molar-refractivity contribution is -0.117. The molecule has 2 aromatic rings. The summed E-state index contributed by atoms with van der Waals surface area (Å²) < 4.78 is 4.61. The van der Waals surface area contributed by atoms with Crippen molar-refractivity contribution in [2.45, 2.75) is 19.4 Å². The van der Waals surface area contributed by atoms with Crippen LogP contribution in [0.4, 0.5) is 4.79 Å². The predicted octanol–water partition coefficient (Wildman–Crippen LogP) is 3.22. The minimum atomic E-state index is -0.538. The summed E-state index contributed by atoms with van der Waals surface area (Å²) in [7, 11) is 1.31. The second kappa shape index (κ2) is 6.19. The lowest BCUT2D eigenvalue weighted by Gasteiger charge is -2.17. The lowest BCUT2D eigenvalue weighted by atomic mass is 9.98. The Morgan fingerprint density at radius 3 is 2.50 bits per heavy atom. The van der Waals surface area contributed by atoms with Gasteiger partial charge in [-0.1, -0.05) is 36.4 Å². The number of fused-ring (bicyclic) bond motifs is 1. The van der Waals surface area contributed by atoms with E-state index in [4.69, 9.17) is 0 Å². The van der Waals surface area contributed by atoms with Crippen LogP contribution >= 0.6 is 0 Å². The smallest absolute Gasteiger partial charge is 0.407 e. The van der Waals surface area contributed by atoms with Crippen LogP contribution in [0.5, 0.6) is 0 Å². The van der Waals surface area contributed by atoms with Crippen molar-refractivity contribution < 1.29 is 14.3 Å². The fourth-order valence-electron chi connectivity index (χ4n) is 2.17. The molecular formula is C16H17NO3. The molecule has 1 atom stereocenters. The molecule has 1 N–H and O–H groups in total. The molecule has 104 valence electrons. The molecule has 4 heteroatoms. The van der Waals surface area contributed by atoms with Crippen molar-refractivity contribution >= 4 is 22.6 Å². The van der Waals surface area contributed by atoms with Gasteiger partial charge in [-0.15, -0.1) is 0 Å². The fraction of sp³-hybridized carbons (Fsp3) is 0.250. The Morgan fingerprint density at radius 1 is 1.15 bits per heavy atom. The van der Waals surface area contributed by atoms with Crippen molar-refractivity contribution in [3.8, 4) is 0 Å². The van der Waals surface area contributed by atoms with E-state index in [0.29, 0.717) is 0 Å². The van der Waals surface area contributed by atoms with E-state index in [1.54, 1.807) is 0 Å². The van der Waals surface area contributed by atoms with Crippen LogP contribution in [0.2, 0.25) is 0 Å². The van der Waals surface area contributed by atoms with Gasteiger partial charge in [0.05, 0.1) is 13.2 Å². The van der Waals surface area contributed by atoms with Gasteiger partial charge in [0.15, 0.2) is 0 Å². The average molecular weight is 271 g/mol. The Labute approximate surface area is 117 Å². The Kier molecular flexibility index (Phi) is 4.35. The molecule has 0 saturated carbocycles. The van der Waals surface area contributed by atoms with Crippen LogP contribution in [-0.2, 0) is 9.53 Å². The van der Waals surface area contributed by atoms with Gasteiger partial charge in [0.25, 0.3) is 0 Å². The maximum Gasteiger partial charge on any atom is 0.407 e. The molecule has 0 radical (unpaired) electrons. The van der Waals surface area contributed by atoms with Crippen LogP contribution < -0.4 is 5.32 Å². The van der Waals surface area contributed by atoms with E-state index in [-0.39, 0.29) is 18.2 Å². The molecule has 0 fully saturated rings. The van der Waals surface area contributed by atoms with E-state index in [0.717, 1.165) is 16.3 Å². The van der Waals surface area contributed by atoms with Gasteiger partial charge in [-0.05, 0) is 29.3 Å². The predicted molar refractivity (Wildman–Crippen MR) is 77.5 cm³/mol. The molecular weight excluding hydrogens is 254 g/mol. The summed E-state index contributed by atoms with van der Waals surface area (Å²) in [5.41, 5.74) is 0.893. The number of nitrogens with one attached hydrogen (secondary N) is 1. The van der Waals surface area contributed by atoms with Gasteiger partial charge >= 0.3 is 6.09 Å². The second-order valence-electron chi connectivity index (χ2n) is 4.70. The first-order valence-electron chi connectivity index (χ1n) is 6.43. The van der Waals surface area contributed by atoms with Crippen molar-refractivity contribution in [1.29, 1.82) is 0 Å². The van der Waals surface area contributed by atoms with E-state index in [1.807, 2.05) is 42.5 Å². The molecule has 0 aliphatic rings. The normalized spacial score (nSPS) is 11.9. The van der Waals surface area contributed by atoms with E-state index >= 15 is 0 Å². The Bertz CT molecular complexity index is 636. The molecule has 0 saturated heterocycles. The van der Waals surface area contributed by atoms with Crippen molar-refractivity contribution in [2.24, 2.45) is 0 Å². The molecule has 0 aliphatic carbocycles. The molecule has 0 unspecified atom stereocenters. The Morgan fingerprint density at radius 2 is 1.85 bits per heavy atom. The van der Waals surface area contributed by atoms with Crippen LogP contribution in [0.1, 0.15) is 24.9 Å². The molecule has 0 spiro atoms. The molecule has 2 aromatic carbocycles. The second-order valence-corrected chi connectivity index (χ2v) is 4.70. The highest BCUT2D eigenvalue weighted by molar-refractivity contribution is 5.84. The van der Waals surface area contributed by atoms with Crippen LogP contribution in [-0.4, -0.2) is 19.0 Å². The number of benzene rings is 2. The summed E-state index contributed by atoms with van der Waals surface area (Å²) in [6, 6.07) is 13.5. The highest BCUT2D eigenvalue weighted by atomic mass is 16.5. The number of alkyl carbamates (subject to hydrolysis) is 1. The number of hydrogen-bond acceptors (Lipinski definition) is 3. The molecule has 1 amide bonds. The average Bonchev–Trinajstić information content (AvgIpc) is 2.45. The van der Waals surface area contributed by atoms with Crippen LogP contribution in [0.25, 0.3) is 10.8 Å². The fourth-order valence-corrected chi connectivity index (χ4v) is 2.17. The zero-order valence-electron chi connectivity index (χ0n) is 11.6. The maximum absolute atomic E-state index is 11.4. The van der Waals surface area contributed by atoms with Gasteiger partial charge < -0.3 is 10.1 Å². The summed E-state index contributed by atoms with van der Waals surface area (Å²) in [6.45, 7) is 1.51. The maximum atomic E-state index is 11.4. The number of carbonyl (C=O) groups excluding carboxylic acids is 2.